The number of ether oxygens (including phenoxy) is 2. The van der Waals surface area contributed by atoms with Gasteiger partial charge in [0.1, 0.15) is 6.61 Å². The highest BCUT2D eigenvalue weighted by atomic mass is 32.1. The van der Waals surface area contributed by atoms with Crippen LogP contribution >= 0.6 is 12.2 Å². The lowest BCUT2D eigenvalue weighted by molar-refractivity contribution is 0.284. The fraction of sp³-hybridized carbons (Fsp3) is 0.263. The van der Waals surface area contributed by atoms with E-state index in [9.17, 15) is 0 Å². The van der Waals surface area contributed by atoms with E-state index in [0.29, 0.717) is 23.2 Å². The summed E-state index contributed by atoms with van der Waals surface area (Å²) in [6.07, 6.45) is 1.66. The van der Waals surface area contributed by atoms with Gasteiger partial charge in [0.15, 0.2) is 16.6 Å². The molecule has 0 atom stereocenters. The number of hydrazone groups is 1. The van der Waals surface area contributed by atoms with Crippen molar-refractivity contribution in [1.29, 1.82) is 0 Å². The molecular weight excluding hydrogens is 334 g/mol. The Balaban J connectivity index is 2.13. The molecule has 0 amide bonds. The fourth-order valence-electron chi connectivity index (χ4n) is 2.15. The third-order valence-corrected chi connectivity index (χ3v) is 3.68. The highest BCUT2D eigenvalue weighted by molar-refractivity contribution is 7.80. The van der Waals surface area contributed by atoms with E-state index in [1.165, 1.54) is 5.56 Å². The average molecular weight is 357 g/mol. The van der Waals surface area contributed by atoms with Crippen LogP contribution in [0.15, 0.2) is 47.6 Å². The number of hydrogen-bond donors (Lipinski definition) is 2. The molecule has 2 aromatic rings. The summed E-state index contributed by atoms with van der Waals surface area (Å²) in [6.45, 7) is 5.22. The molecule has 0 saturated heterocycles. The molecule has 0 saturated carbocycles. The van der Waals surface area contributed by atoms with Crippen molar-refractivity contribution in [3.63, 3.8) is 0 Å². The van der Waals surface area contributed by atoms with Crippen LogP contribution in [0, 0.1) is 6.92 Å². The van der Waals surface area contributed by atoms with Crippen molar-refractivity contribution in [3.8, 4) is 11.5 Å². The summed E-state index contributed by atoms with van der Waals surface area (Å²) in [7, 11) is 1.62. The zero-order valence-electron chi connectivity index (χ0n) is 14.7. The quantitative estimate of drug-likeness (QED) is 0.452. The van der Waals surface area contributed by atoms with Crippen LogP contribution in [-0.4, -0.2) is 25.0 Å². The number of nitrogens with zero attached hydrogens (tertiary/aromatic N) is 1. The van der Waals surface area contributed by atoms with Gasteiger partial charge in [-0.1, -0.05) is 35.9 Å². The Morgan fingerprint density at radius 2 is 1.96 bits per heavy atom. The standard InChI is InChI=1S/C19H23N3O2S/c1-4-20-19(25)22-21-12-16-6-5-7-17(23-3)18(16)24-13-15-10-8-14(2)9-11-15/h5-12H,4,13H2,1-3H3,(H2,20,22,25)/b21-12+. The summed E-state index contributed by atoms with van der Waals surface area (Å²) in [5.41, 5.74) is 5.88. The van der Waals surface area contributed by atoms with Crippen LogP contribution in [0.2, 0.25) is 0 Å². The van der Waals surface area contributed by atoms with E-state index in [1.807, 2.05) is 25.1 Å². The largest absolute Gasteiger partial charge is 0.493 e. The highest BCUT2D eigenvalue weighted by Crippen LogP contribution is 2.30. The van der Waals surface area contributed by atoms with Crippen molar-refractivity contribution < 1.29 is 9.47 Å². The minimum absolute atomic E-state index is 0.449. The molecule has 5 nitrogen and oxygen atoms in total. The maximum Gasteiger partial charge on any atom is 0.186 e. The maximum atomic E-state index is 6.00. The third kappa shape index (κ3) is 5.76. The molecule has 2 rings (SSSR count). The number of benzene rings is 2. The topological polar surface area (TPSA) is 54.9 Å². The van der Waals surface area contributed by atoms with Gasteiger partial charge >= 0.3 is 0 Å². The summed E-state index contributed by atoms with van der Waals surface area (Å²) in [6, 6.07) is 13.9. The SMILES string of the molecule is CCNC(=S)N/N=C/c1cccc(OC)c1OCc1ccc(C)cc1. The van der Waals surface area contributed by atoms with E-state index in [1.54, 1.807) is 13.3 Å². The molecule has 0 fully saturated rings. The zero-order valence-corrected chi connectivity index (χ0v) is 15.5. The Kier molecular flexibility index (Phi) is 7.22. The van der Waals surface area contributed by atoms with Gasteiger partial charge in [-0.05, 0) is 43.8 Å². The molecule has 0 unspecified atom stereocenters. The molecule has 0 heterocycles. The number of rotatable bonds is 7. The van der Waals surface area contributed by atoms with Crippen LogP contribution < -0.4 is 20.2 Å². The maximum absolute atomic E-state index is 6.00. The lowest BCUT2D eigenvalue weighted by Crippen LogP contribution is -2.31. The first-order chi connectivity index (χ1) is 12.1. The molecule has 0 bridgehead atoms. The molecule has 0 radical (unpaired) electrons. The van der Waals surface area contributed by atoms with Gasteiger partial charge in [0.2, 0.25) is 0 Å². The molecule has 2 N–H and O–H groups in total. The Morgan fingerprint density at radius 3 is 2.64 bits per heavy atom. The molecule has 2 aromatic carbocycles. The molecule has 0 aromatic heterocycles. The Labute approximate surface area is 154 Å². The van der Waals surface area contributed by atoms with Crippen molar-refractivity contribution in [2.24, 2.45) is 5.10 Å². The fourth-order valence-corrected chi connectivity index (χ4v) is 2.35. The van der Waals surface area contributed by atoms with Gasteiger partial charge in [-0.15, -0.1) is 0 Å². The minimum Gasteiger partial charge on any atom is -0.493 e. The van der Waals surface area contributed by atoms with Crippen LogP contribution in [-0.2, 0) is 6.61 Å². The van der Waals surface area contributed by atoms with E-state index in [0.717, 1.165) is 17.7 Å². The minimum atomic E-state index is 0.449. The van der Waals surface area contributed by atoms with Gasteiger partial charge in [-0.25, -0.2) is 0 Å². The lowest BCUT2D eigenvalue weighted by atomic mass is 10.1. The first kappa shape index (κ1) is 18.7. The number of nitrogens with one attached hydrogen (secondary N) is 2. The normalized spacial score (nSPS) is 10.5. The van der Waals surface area contributed by atoms with Crippen LogP contribution in [0.1, 0.15) is 23.6 Å². The summed E-state index contributed by atoms with van der Waals surface area (Å²) < 4.78 is 11.4. The van der Waals surface area contributed by atoms with Crippen molar-refractivity contribution in [2.45, 2.75) is 20.5 Å². The van der Waals surface area contributed by atoms with Gasteiger partial charge in [0.05, 0.1) is 13.3 Å². The van der Waals surface area contributed by atoms with E-state index in [2.05, 4.69) is 47.0 Å². The Hall–Kier alpha value is -2.60. The molecule has 0 aliphatic rings. The van der Waals surface area contributed by atoms with Crippen molar-refractivity contribution >= 4 is 23.5 Å². The van der Waals surface area contributed by atoms with Crippen molar-refractivity contribution in [1.82, 2.24) is 10.7 Å². The molecule has 132 valence electrons. The summed E-state index contributed by atoms with van der Waals surface area (Å²) >= 11 is 5.08. The highest BCUT2D eigenvalue weighted by Gasteiger charge is 2.09. The predicted molar refractivity (Wildman–Crippen MR) is 106 cm³/mol. The number of hydrogen-bond acceptors (Lipinski definition) is 4. The predicted octanol–water partition coefficient (Wildman–Crippen LogP) is 3.40. The first-order valence-corrected chi connectivity index (χ1v) is 8.47. The van der Waals surface area contributed by atoms with Crippen LogP contribution in [0.5, 0.6) is 11.5 Å². The summed E-state index contributed by atoms with van der Waals surface area (Å²) in [4.78, 5) is 0. The Morgan fingerprint density at radius 1 is 1.20 bits per heavy atom. The molecule has 6 heteroatoms. The second-order valence-electron chi connectivity index (χ2n) is 5.38. The summed E-state index contributed by atoms with van der Waals surface area (Å²) in [5.74, 6) is 1.30. The second-order valence-corrected chi connectivity index (χ2v) is 5.79. The number of aryl methyl sites for hydroxylation is 1. The van der Waals surface area contributed by atoms with Crippen LogP contribution in [0.3, 0.4) is 0 Å². The van der Waals surface area contributed by atoms with Gasteiger partial charge in [-0.3, -0.25) is 5.43 Å². The number of methoxy groups -OCH3 is 1. The van der Waals surface area contributed by atoms with Gasteiger partial charge in [-0.2, -0.15) is 5.10 Å². The smallest absolute Gasteiger partial charge is 0.186 e. The van der Waals surface area contributed by atoms with Crippen LogP contribution in [0.25, 0.3) is 0 Å². The van der Waals surface area contributed by atoms with Crippen LogP contribution in [0.4, 0.5) is 0 Å². The molecule has 0 spiro atoms. The summed E-state index contributed by atoms with van der Waals surface area (Å²) in [5, 5.41) is 7.60. The van der Waals surface area contributed by atoms with Gasteiger partial charge in [0.25, 0.3) is 0 Å². The van der Waals surface area contributed by atoms with Gasteiger partial charge in [0, 0.05) is 12.1 Å². The van der Waals surface area contributed by atoms with Crippen molar-refractivity contribution in [2.75, 3.05) is 13.7 Å². The number of para-hydroxylation sites is 1. The third-order valence-electron chi connectivity index (χ3n) is 3.44. The van der Waals surface area contributed by atoms with E-state index in [-0.39, 0.29) is 0 Å². The lowest BCUT2D eigenvalue weighted by Gasteiger charge is -2.13. The van der Waals surface area contributed by atoms with E-state index >= 15 is 0 Å². The molecule has 0 aliphatic heterocycles. The van der Waals surface area contributed by atoms with E-state index in [4.69, 9.17) is 21.7 Å². The average Bonchev–Trinajstić information content (AvgIpc) is 2.62. The second kappa shape index (κ2) is 9.64. The van der Waals surface area contributed by atoms with E-state index < -0.39 is 0 Å². The molecular formula is C19H23N3O2S. The zero-order chi connectivity index (χ0) is 18.1. The molecule has 25 heavy (non-hydrogen) atoms. The molecule has 0 aliphatic carbocycles. The monoisotopic (exact) mass is 357 g/mol. The van der Waals surface area contributed by atoms with Gasteiger partial charge < -0.3 is 14.8 Å². The Bertz CT molecular complexity index is 730. The van der Waals surface area contributed by atoms with Crippen molar-refractivity contribution in [3.05, 3.63) is 59.2 Å². The number of thiocarbonyl (C=S) groups is 1. The first-order valence-electron chi connectivity index (χ1n) is 8.06.